The third kappa shape index (κ3) is 2.63. The Kier molecular flexibility index (Phi) is 3.34. The van der Waals surface area contributed by atoms with Crippen LogP contribution in [0.5, 0.6) is 0 Å². The molecule has 14 heavy (non-hydrogen) atoms. The second-order valence-electron chi connectivity index (χ2n) is 3.92. The molecule has 1 aliphatic rings. The van der Waals surface area contributed by atoms with Crippen LogP contribution in [0.2, 0.25) is 0 Å². The fourth-order valence-corrected chi connectivity index (χ4v) is 1.44. The number of ether oxygens (including phenoxy) is 1. The van der Waals surface area contributed by atoms with E-state index in [1.165, 1.54) is 16.7 Å². The lowest BCUT2D eigenvalue weighted by Crippen LogP contribution is -2.03. The van der Waals surface area contributed by atoms with E-state index < -0.39 is 0 Å². The highest BCUT2D eigenvalue weighted by Gasteiger charge is 2.18. The fraction of sp³-hybridized carbons (Fsp3) is 0.385. The molecule has 0 saturated carbocycles. The highest BCUT2D eigenvalue weighted by atomic mass is 16.5. The van der Waals surface area contributed by atoms with Gasteiger partial charge in [-0.25, -0.2) is 0 Å². The first kappa shape index (κ1) is 10.8. The number of allylic oxidation sites excluding steroid dienone is 4. The fourth-order valence-electron chi connectivity index (χ4n) is 1.44. The van der Waals surface area contributed by atoms with Crippen molar-refractivity contribution in [3.05, 3.63) is 47.3 Å². The zero-order chi connectivity index (χ0) is 10.7. The molecule has 1 heterocycles. The van der Waals surface area contributed by atoms with Gasteiger partial charge in [-0.3, -0.25) is 0 Å². The molecule has 0 bridgehead atoms. The van der Waals surface area contributed by atoms with Crippen molar-refractivity contribution in [2.45, 2.75) is 33.8 Å². The summed E-state index contributed by atoms with van der Waals surface area (Å²) >= 11 is 0. The Labute approximate surface area is 86.5 Å². The van der Waals surface area contributed by atoms with E-state index in [4.69, 9.17) is 4.74 Å². The molecule has 1 atom stereocenters. The second-order valence-corrected chi connectivity index (χ2v) is 3.92. The van der Waals surface area contributed by atoms with Crippen LogP contribution in [-0.4, -0.2) is 6.10 Å². The molecule has 1 heteroatoms. The lowest BCUT2D eigenvalue weighted by atomic mass is 10.0. The van der Waals surface area contributed by atoms with Gasteiger partial charge in [0, 0.05) is 0 Å². The standard InChI is InChI=1S/C13H18O/c1-9(2)6-7-10(3)13-8-11(4)14-12(13)5/h6-8,12H,4H2,1-3,5H3/b10-7+. The van der Waals surface area contributed by atoms with Crippen LogP contribution in [0.1, 0.15) is 27.7 Å². The first-order chi connectivity index (χ1) is 6.50. The summed E-state index contributed by atoms with van der Waals surface area (Å²) in [5.74, 6) is 0.762. The molecule has 1 rings (SSSR count). The normalized spacial score (nSPS) is 21.7. The monoisotopic (exact) mass is 190 g/mol. The SMILES string of the molecule is C=C1C=C(/C(C)=C/C=C(C)C)C(C)O1. The number of hydrogen-bond donors (Lipinski definition) is 0. The summed E-state index contributed by atoms with van der Waals surface area (Å²) in [5.41, 5.74) is 3.78. The Morgan fingerprint density at radius 1 is 1.36 bits per heavy atom. The van der Waals surface area contributed by atoms with Crippen LogP contribution in [0.25, 0.3) is 0 Å². The maximum atomic E-state index is 5.45. The average Bonchev–Trinajstić information content (AvgIpc) is 2.41. The molecule has 0 aromatic carbocycles. The minimum atomic E-state index is 0.143. The van der Waals surface area contributed by atoms with Crippen molar-refractivity contribution in [1.29, 1.82) is 0 Å². The van der Waals surface area contributed by atoms with Gasteiger partial charge in [-0.1, -0.05) is 24.3 Å². The Balaban J connectivity index is 2.84. The molecule has 1 nitrogen and oxygen atoms in total. The summed E-state index contributed by atoms with van der Waals surface area (Å²) in [7, 11) is 0. The molecule has 0 saturated heterocycles. The highest BCUT2D eigenvalue weighted by Crippen LogP contribution is 2.26. The average molecular weight is 190 g/mol. The minimum absolute atomic E-state index is 0.143. The van der Waals surface area contributed by atoms with E-state index in [9.17, 15) is 0 Å². The zero-order valence-corrected chi connectivity index (χ0v) is 9.42. The zero-order valence-electron chi connectivity index (χ0n) is 9.42. The molecule has 1 aliphatic heterocycles. The summed E-state index contributed by atoms with van der Waals surface area (Å²) in [6.07, 6.45) is 6.39. The van der Waals surface area contributed by atoms with Crippen molar-refractivity contribution in [3.63, 3.8) is 0 Å². The minimum Gasteiger partial charge on any atom is -0.487 e. The summed E-state index contributed by atoms with van der Waals surface area (Å²) in [4.78, 5) is 0. The lowest BCUT2D eigenvalue weighted by molar-refractivity contribution is 0.193. The van der Waals surface area contributed by atoms with Gasteiger partial charge in [-0.05, 0) is 44.9 Å². The predicted octanol–water partition coefficient (Wildman–Crippen LogP) is 3.76. The van der Waals surface area contributed by atoms with E-state index >= 15 is 0 Å². The molecule has 0 aromatic rings. The molecule has 0 radical (unpaired) electrons. The van der Waals surface area contributed by atoms with Crippen molar-refractivity contribution in [3.8, 4) is 0 Å². The van der Waals surface area contributed by atoms with Gasteiger partial charge in [0.25, 0.3) is 0 Å². The largest absolute Gasteiger partial charge is 0.487 e. The molecular formula is C13H18O. The van der Waals surface area contributed by atoms with Gasteiger partial charge >= 0.3 is 0 Å². The van der Waals surface area contributed by atoms with E-state index in [0.717, 1.165) is 5.76 Å². The van der Waals surface area contributed by atoms with E-state index in [2.05, 4.69) is 39.5 Å². The van der Waals surface area contributed by atoms with Crippen LogP contribution < -0.4 is 0 Å². The Morgan fingerprint density at radius 2 is 2.00 bits per heavy atom. The third-order valence-electron chi connectivity index (χ3n) is 2.20. The van der Waals surface area contributed by atoms with Crippen LogP contribution in [-0.2, 0) is 4.74 Å². The van der Waals surface area contributed by atoms with Crippen molar-refractivity contribution in [1.82, 2.24) is 0 Å². The van der Waals surface area contributed by atoms with Gasteiger partial charge < -0.3 is 4.74 Å². The Hall–Kier alpha value is -1.24. The highest BCUT2D eigenvalue weighted by molar-refractivity contribution is 5.41. The van der Waals surface area contributed by atoms with Crippen LogP contribution in [0.15, 0.2) is 47.3 Å². The van der Waals surface area contributed by atoms with E-state index in [-0.39, 0.29) is 6.10 Å². The molecule has 0 fully saturated rings. The molecule has 0 amide bonds. The van der Waals surface area contributed by atoms with Gasteiger partial charge in [-0.15, -0.1) is 0 Å². The van der Waals surface area contributed by atoms with Crippen LogP contribution in [0.3, 0.4) is 0 Å². The number of rotatable bonds is 2. The lowest BCUT2D eigenvalue weighted by Gasteiger charge is -2.09. The maximum Gasteiger partial charge on any atom is 0.121 e. The summed E-state index contributed by atoms with van der Waals surface area (Å²) < 4.78 is 5.45. The third-order valence-corrected chi connectivity index (χ3v) is 2.20. The summed E-state index contributed by atoms with van der Waals surface area (Å²) in [6.45, 7) is 12.1. The van der Waals surface area contributed by atoms with Gasteiger partial charge in [0.05, 0.1) is 0 Å². The van der Waals surface area contributed by atoms with E-state index in [0.29, 0.717) is 0 Å². The molecule has 76 valence electrons. The van der Waals surface area contributed by atoms with Crippen LogP contribution >= 0.6 is 0 Å². The van der Waals surface area contributed by atoms with Crippen molar-refractivity contribution in [2.24, 2.45) is 0 Å². The molecule has 0 N–H and O–H groups in total. The smallest absolute Gasteiger partial charge is 0.121 e. The molecule has 0 spiro atoms. The molecule has 0 aromatic heterocycles. The molecule has 1 unspecified atom stereocenters. The Morgan fingerprint density at radius 3 is 2.43 bits per heavy atom. The van der Waals surface area contributed by atoms with Gasteiger partial charge in [0.1, 0.15) is 11.9 Å². The van der Waals surface area contributed by atoms with Crippen LogP contribution in [0.4, 0.5) is 0 Å². The summed E-state index contributed by atoms with van der Waals surface area (Å²) in [6, 6.07) is 0. The predicted molar refractivity (Wildman–Crippen MR) is 61.0 cm³/mol. The quantitative estimate of drug-likeness (QED) is 0.602. The van der Waals surface area contributed by atoms with Gasteiger partial charge in [-0.2, -0.15) is 0 Å². The molecular weight excluding hydrogens is 172 g/mol. The van der Waals surface area contributed by atoms with Crippen molar-refractivity contribution in [2.75, 3.05) is 0 Å². The maximum absolute atomic E-state index is 5.45. The van der Waals surface area contributed by atoms with Gasteiger partial charge in [0.15, 0.2) is 0 Å². The molecule has 0 aliphatic carbocycles. The first-order valence-electron chi connectivity index (χ1n) is 4.90. The van der Waals surface area contributed by atoms with Gasteiger partial charge in [0.2, 0.25) is 0 Å². The topological polar surface area (TPSA) is 9.23 Å². The summed E-state index contributed by atoms with van der Waals surface area (Å²) in [5, 5.41) is 0. The second kappa shape index (κ2) is 4.32. The number of hydrogen-bond acceptors (Lipinski definition) is 1. The Bertz CT molecular complexity index is 325. The first-order valence-corrected chi connectivity index (χ1v) is 4.90. The van der Waals surface area contributed by atoms with Crippen LogP contribution in [0, 0.1) is 0 Å². The van der Waals surface area contributed by atoms with E-state index in [1.807, 2.05) is 13.0 Å². The van der Waals surface area contributed by atoms with Crippen molar-refractivity contribution >= 4 is 0 Å². The van der Waals surface area contributed by atoms with E-state index in [1.54, 1.807) is 0 Å². The van der Waals surface area contributed by atoms with Crippen molar-refractivity contribution < 1.29 is 4.74 Å².